The SMILES string of the molecule is C[C@H](CNc1oc(C23CC4CC(CC(C4)C2)C3)nc1C#N)N1CCOCC1. The molecule has 6 heteroatoms. The van der Waals surface area contributed by atoms with Gasteiger partial charge in [0.1, 0.15) is 6.07 Å². The first-order valence-electron chi connectivity index (χ1n) is 10.6. The molecule has 0 aromatic carbocycles. The van der Waals surface area contributed by atoms with E-state index in [9.17, 15) is 5.26 Å². The summed E-state index contributed by atoms with van der Waals surface area (Å²) in [6, 6.07) is 2.62. The number of anilines is 1. The van der Waals surface area contributed by atoms with Crippen molar-refractivity contribution in [2.24, 2.45) is 17.8 Å². The highest BCUT2D eigenvalue weighted by molar-refractivity contribution is 5.46. The van der Waals surface area contributed by atoms with Crippen LogP contribution in [0.15, 0.2) is 4.42 Å². The minimum absolute atomic E-state index is 0.0934. The van der Waals surface area contributed by atoms with Gasteiger partial charge in [0.25, 0.3) is 0 Å². The van der Waals surface area contributed by atoms with E-state index in [4.69, 9.17) is 9.15 Å². The lowest BCUT2D eigenvalue weighted by Crippen LogP contribution is -2.48. The van der Waals surface area contributed by atoms with Gasteiger partial charge in [-0.1, -0.05) is 0 Å². The Hall–Kier alpha value is -1.58. The van der Waals surface area contributed by atoms with Crippen molar-refractivity contribution in [3.05, 3.63) is 11.6 Å². The molecule has 1 aromatic rings. The third kappa shape index (κ3) is 3.15. The molecule has 2 heterocycles. The van der Waals surface area contributed by atoms with Gasteiger partial charge < -0.3 is 14.5 Å². The van der Waals surface area contributed by atoms with E-state index < -0.39 is 0 Å². The van der Waals surface area contributed by atoms with Crippen LogP contribution in [-0.2, 0) is 10.2 Å². The fourth-order valence-electron chi connectivity index (χ4n) is 6.50. The molecule has 0 unspecified atom stereocenters. The van der Waals surface area contributed by atoms with Crippen molar-refractivity contribution in [1.82, 2.24) is 9.88 Å². The first kappa shape index (κ1) is 17.5. The molecule has 0 amide bonds. The van der Waals surface area contributed by atoms with Crippen LogP contribution in [0.5, 0.6) is 0 Å². The minimum atomic E-state index is 0.0934. The van der Waals surface area contributed by atoms with Crippen molar-refractivity contribution in [2.45, 2.75) is 56.9 Å². The van der Waals surface area contributed by atoms with Crippen molar-refractivity contribution in [1.29, 1.82) is 5.26 Å². The highest BCUT2D eigenvalue weighted by Gasteiger charge is 2.54. The van der Waals surface area contributed by atoms with Crippen molar-refractivity contribution < 1.29 is 9.15 Å². The molecule has 4 bridgehead atoms. The van der Waals surface area contributed by atoms with Crippen LogP contribution in [0.25, 0.3) is 0 Å². The van der Waals surface area contributed by atoms with E-state index in [0.29, 0.717) is 17.6 Å². The summed E-state index contributed by atoms with van der Waals surface area (Å²) < 4.78 is 11.7. The van der Waals surface area contributed by atoms with Crippen LogP contribution in [0.2, 0.25) is 0 Å². The summed E-state index contributed by atoms with van der Waals surface area (Å²) in [4.78, 5) is 7.10. The van der Waals surface area contributed by atoms with Gasteiger partial charge in [0.05, 0.1) is 13.2 Å². The molecule has 1 N–H and O–H groups in total. The van der Waals surface area contributed by atoms with Crippen molar-refractivity contribution in [3.8, 4) is 6.07 Å². The van der Waals surface area contributed by atoms with E-state index >= 15 is 0 Å². The molecule has 6 rings (SSSR count). The Morgan fingerprint density at radius 3 is 2.41 bits per heavy atom. The largest absolute Gasteiger partial charge is 0.423 e. The second-order valence-corrected chi connectivity index (χ2v) is 9.38. The van der Waals surface area contributed by atoms with Gasteiger partial charge in [-0.05, 0) is 63.2 Å². The molecule has 4 saturated carbocycles. The van der Waals surface area contributed by atoms with Crippen LogP contribution in [0.4, 0.5) is 5.88 Å². The predicted molar refractivity (Wildman–Crippen MR) is 101 cm³/mol. The number of ether oxygens (including phenoxy) is 1. The summed E-state index contributed by atoms with van der Waals surface area (Å²) in [6.45, 7) is 6.48. The van der Waals surface area contributed by atoms with E-state index in [2.05, 4.69) is 28.2 Å². The molecule has 0 spiro atoms. The Bertz CT molecular complexity index is 696. The van der Waals surface area contributed by atoms with Gasteiger partial charge in [-0.2, -0.15) is 10.2 Å². The predicted octanol–water partition coefficient (Wildman–Crippen LogP) is 3.15. The molecule has 4 aliphatic carbocycles. The second kappa shape index (κ2) is 6.79. The second-order valence-electron chi connectivity index (χ2n) is 9.38. The Morgan fingerprint density at radius 2 is 1.81 bits per heavy atom. The van der Waals surface area contributed by atoms with Gasteiger partial charge in [-0.3, -0.25) is 4.90 Å². The summed E-state index contributed by atoms with van der Waals surface area (Å²) in [5, 5.41) is 13.0. The van der Waals surface area contributed by atoms with Gasteiger partial charge in [0.2, 0.25) is 17.5 Å². The van der Waals surface area contributed by atoms with E-state index in [1.54, 1.807) is 0 Å². The van der Waals surface area contributed by atoms with Gasteiger partial charge in [-0.25, -0.2) is 0 Å². The maximum Gasteiger partial charge on any atom is 0.232 e. The maximum absolute atomic E-state index is 9.59. The third-order valence-corrected chi connectivity index (χ3v) is 7.45. The smallest absolute Gasteiger partial charge is 0.232 e. The number of oxazole rings is 1. The third-order valence-electron chi connectivity index (χ3n) is 7.45. The minimum Gasteiger partial charge on any atom is -0.423 e. The number of aromatic nitrogens is 1. The highest BCUT2D eigenvalue weighted by Crippen LogP contribution is 2.60. The number of morpholine rings is 1. The topological polar surface area (TPSA) is 74.3 Å². The molecule has 6 nitrogen and oxygen atoms in total. The van der Waals surface area contributed by atoms with E-state index in [1.165, 1.54) is 38.5 Å². The fraction of sp³-hybridized carbons (Fsp3) is 0.810. The zero-order valence-corrected chi connectivity index (χ0v) is 16.2. The quantitative estimate of drug-likeness (QED) is 0.858. The zero-order chi connectivity index (χ0) is 18.4. The van der Waals surface area contributed by atoms with Crippen LogP contribution in [0.1, 0.15) is 57.0 Å². The number of nitrogens with zero attached hydrogens (tertiary/aromatic N) is 3. The van der Waals surface area contributed by atoms with Gasteiger partial charge in [-0.15, -0.1) is 0 Å². The first-order chi connectivity index (χ1) is 13.1. The maximum atomic E-state index is 9.59. The monoisotopic (exact) mass is 370 g/mol. The average Bonchev–Trinajstić information content (AvgIpc) is 3.10. The van der Waals surface area contributed by atoms with E-state index in [0.717, 1.165) is 56.5 Å². The van der Waals surface area contributed by atoms with Crippen LogP contribution in [0, 0.1) is 29.1 Å². The Balaban J connectivity index is 1.31. The van der Waals surface area contributed by atoms with Gasteiger partial charge >= 0.3 is 0 Å². The lowest BCUT2D eigenvalue weighted by molar-refractivity contribution is -0.0174. The van der Waals surface area contributed by atoms with Crippen LogP contribution < -0.4 is 5.32 Å². The van der Waals surface area contributed by atoms with Crippen LogP contribution in [-0.4, -0.2) is 48.8 Å². The number of nitrogens with one attached hydrogen (secondary N) is 1. The number of rotatable bonds is 5. The summed E-state index contributed by atoms with van der Waals surface area (Å²) in [5.74, 6) is 3.92. The molecular formula is C21H30N4O2. The van der Waals surface area contributed by atoms with E-state index in [-0.39, 0.29) is 5.41 Å². The molecule has 1 aromatic heterocycles. The first-order valence-corrected chi connectivity index (χ1v) is 10.6. The molecular weight excluding hydrogens is 340 g/mol. The molecule has 1 aliphatic heterocycles. The molecule has 146 valence electrons. The zero-order valence-electron chi connectivity index (χ0n) is 16.2. The molecule has 0 radical (unpaired) electrons. The average molecular weight is 370 g/mol. The molecule has 5 aliphatic rings. The standard InChI is InChI=1S/C21H30N4O2/c1-14(25-2-4-26-5-3-25)13-23-19-18(12-22)24-20(27-19)21-9-15-6-16(10-21)8-17(7-15)11-21/h14-17,23H,2-11,13H2,1H3/t14-,15?,16?,17?,21?/m1/s1. The van der Waals surface area contributed by atoms with Crippen molar-refractivity contribution >= 4 is 5.88 Å². The van der Waals surface area contributed by atoms with Gasteiger partial charge in [0, 0.05) is 31.1 Å². The molecule has 5 fully saturated rings. The summed E-state index contributed by atoms with van der Waals surface area (Å²) in [7, 11) is 0. The summed E-state index contributed by atoms with van der Waals surface area (Å²) in [5.41, 5.74) is 0.519. The van der Waals surface area contributed by atoms with E-state index in [1.807, 2.05) is 0 Å². The lowest BCUT2D eigenvalue weighted by Gasteiger charge is -2.55. The molecule has 27 heavy (non-hydrogen) atoms. The number of hydrogen-bond acceptors (Lipinski definition) is 6. The van der Waals surface area contributed by atoms with Crippen molar-refractivity contribution in [3.63, 3.8) is 0 Å². The van der Waals surface area contributed by atoms with Crippen LogP contribution >= 0.6 is 0 Å². The lowest BCUT2D eigenvalue weighted by atomic mass is 9.49. The number of nitriles is 1. The van der Waals surface area contributed by atoms with Crippen LogP contribution in [0.3, 0.4) is 0 Å². The Labute approximate surface area is 161 Å². The van der Waals surface area contributed by atoms with Gasteiger partial charge in [0.15, 0.2) is 0 Å². The number of hydrogen-bond donors (Lipinski definition) is 1. The molecule has 1 saturated heterocycles. The summed E-state index contributed by atoms with van der Waals surface area (Å²) in [6.07, 6.45) is 7.80. The Morgan fingerprint density at radius 1 is 1.19 bits per heavy atom. The Kier molecular flexibility index (Phi) is 4.40. The normalized spacial score (nSPS) is 36.5. The fourth-order valence-corrected chi connectivity index (χ4v) is 6.50. The highest BCUT2D eigenvalue weighted by atomic mass is 16.5. The summed E-state index contributed by atoms with van der Waals surface area (Å²) >= 11 is 0. The van der Waals surface area contributed by atoms with Crippen molar-refractivity contribution in [2.75, 3.05) is 38.2 Å². The molecule has 1 atom stereocenters.